The number of carbonyl (C=O) groups excluding carboxylic acids is 2. The summed E-state index contributed by atoms with van der Waals surface area (Å²) in [4.78, 5) is 35.8. The standard InChI is InChI=1S/C24H30F2O7/c1-23(14-6-3-7-15-23)33-22(30)31-18-12-10-17(11-13-18)20(27)32-19(24(25,26)21(28)29)16-8-4-2-5-9-16/h10-13,16,19H,2-9,14-15H2,1H3,(H,28,29). The summed E-state index contributed by atoms with van der Waals surface area (Å²) in [5.41, 5.74) is -0.625. The van der Waals surface area contributed by atoms with Crippen LogP contribution in [0.5, 0.6) is 5.75 Å². The second-order valence-electron chi connectivity index (χ2n) is 9.14. The van der Waals surface area contributed by atoms with Gasteiger partial charge in [-0.1, -0.05) is 25.7 Å². The van der Waals surface area contributed by atoms with Crippen LogP contribution < -0.4 is 4.74 Å². The number of halogens is 2. The highest BCUT2D eigenvalue weighted by Gasteiger charge is 2.53. The molecule has 9 heteroatoms. The van der Waals surface area contributed by atoms with Crippen molar-refractivity contribution < 1.29 is 42.5 Å². The molecule has 7 nitrogen and oxygen atoms in total. The Morgan fingerprint density at radius 2 is 1.58 bits per heavy atom. The van der Waals surface area contributed by atoms with E-state index in [2.05, 4.69) is 0 Å². The van der Waals surface area contributed by atoms with Crippen molar-refractivity contribution in [2.24, 2.45) is 5.92 Å². The first kappa shape index (κ1) is 24.9. The number of rotatable bonds is 7. The third kappa shape index (κ3) is 6.42. The van der Waals surface area contributed by atoms with Crippen molar-refractivity contribution in [2.45, 2.75) is 88.8 Å². The summed E-state index contributed by atoms with van der Waals surface area (Å²) in [5.74, 6) is -8.18. The van der Waals surface area contributed by atoms with Gasteiger partial charge in [0, 0.05) is 5.92 Å². The molecule has 2 fully saturated rings. The number of carboxylic acid groups (broad SMARTS) is 1. The molecule has 33 heavy (non-hydrogen) atoms. The lowest BCUT2D eigenvalue weighted by molar-refractivity contribution is -0.189. The van der Waals surface area contributed by atoms with Gasteiger partial charge in [-0.2, -0.15) is 8.78 Å². The molecule has 2 aliphatic carbocycles. The molecule has 182 valence electrons. The molecule has 0 radical (unpaired) electrons. The fraction of sp³-hybridized carbons (Fsp3) is 0.625. The summed E-state index contributed by atoms with van der Waals surface area (Å²) in [7, 11) is 0. The first-order chi connectivity index (χ1) is 15.6. The van der Waals surface area contributed by atoms with Crippen molar-refractivity contribution in [3.8, 4) is 5.75 Å². The van der Waals surface area contributed by atoms with Gasteiger partial charge in [-0.3, -0.25) is 0 Å². The van der Waals surface area contributed by atoms with Gasteiger partial charge in [-0.25, -0.2) is 14.4 Å². The van der Waals surface area contributed by atoms with Gasteiger partial charge in [-0.05, 0) is 69.7 Å². The number of hydrogen-bond acceptors (Lipinski definition) is 6. The minimum Gasteiger partial charge on any atom is -0.477 e. The minimum atomic E-state index is -4.19. The van der Waals surface area contributed by atoms with Gasteiger partial charge in [-0.15, -0.1) is 0 Å². The number of esters is 1. The lowest BCUT2D eigenvalue weighted by atomic mass is 9.83. The Bertz CT molecular complexity index is 841. The second kappa shape index (κ2) is 10.5. The van der Waals surface area contributed by atoms with Gasteiger partial charge >= 0.3 is 24.0 Å². The highest BCUT2D eigenvalue weighted by Crippen LogP contribution is 2.37. The van der Waals surface area contributed by atoms with Crippen LogP contribution in [0.15, 0.2) is 24.3 Å². The lowest BCUT2D eigenvalue weighted by Gasteiger charge is -2.33. The van der Waals surface area contributed by atoms with E-state index in [0.29, 0.717) is 25.7 Å². The summed E-state index contributed by atoms with van der Waals surface area (Å²) < 4.78 is 44.4. The Morgan fingerprint density at radius 3 is 2.15 bits per heavy atom. The molecule has 0 amide bonds. The molecule has 0 spiro atoms. The predicted octanol–water partition coefficient (Wildman–Crippen LogP) is 5.75. The monoisotopic (exact) mass is 468 g/mol. The van der Waals surface area contributed by atoms with Crippen molar-refractivity contribution in [1.82, 2.24) is 0 Å². The van der Waals surface area contributed by atoms with Crippen LogP contribution in [0.1, 0.15) is 81.5 Å². The zero-order valence-electron chi connectivity index (χ0n) is 18.7. The van der Waals surface area contributed by atoms with Gasteiger partial charge in [0.25, 0.3) is 0 Å². The molecular weight excluding hydrogens is 438 g/mol. The van der Waals surface area contributed by atoms with Crippen LogP contribution in [-0.2, 0) is 14.3 Å². The summed E-state index contributed by atoms with van der Waals surface area (Å²) in [6.45, 7) is 1.86. The zero-order chi connectivity index (χ0) is 24.1. The molecule has 1 N–H and O–H groups in total. The number of carboxylic acids is 1. The molecule has 0 aromatic heterocycles. The van der Waals surface area contributed by atoms with E-state index in [-0.39, 0.29) is 11.3 Å². The van der Waals surface area contributed by atoms with Gasteiger partial charge in [0.1, 0.15) is 11.4 Å². The SMILES string of the molecule is CC1(OC(=O)Oc2ccc(C(=O)OC(C3CCCCC3)C(F)(F)C(=O)O)cc2)CCCCC1. The maximum Gasteiger partial charge on any atom is 0.514 e. The van der Waals surface area contributed by atoms with Gasteiger partial charge < -0.3 is 19.3 Å². The number of hydrogen-bond donors (Lipinski definition) is 1. The highest BCUT2D eigenvalue weighted by atomic mass is 19.3. The quantitative estimate of drug-likeness (QED) is 0.402. The molecule has 1 atom stereocenters. The maximum atomic E-state index is 14.4. The molecule has 2 aliphatic rings. The molecule has 1 aromatic rings. The Morgan fingerprint density at radius 1 is 1.00 bits per heavy atom. The first-order valence-electron chi connectivity index (χ1n) is 11.4. The van der Waals surface area contributed by atoms with Crippen molar-refractivity contribution in [3.05, 3.63) is 29.8 Å². The van der Waals surface area contributed by atoms with E-state index in [1.807, 2.05) is 6.92 Å². The van der Waals surface area contributed by atoms with Crippen molar-refractivity contribution in [1.29, 1.82) is 0 Å². The van der Waals surface area contributed by atoms with Crippen molar-refractivity contribution in [3.63, 3.8) is 0 Å². The summed E-state index contributed by atoms with van der Waals surface area (Å²) in [5, 5.41) is 8.98. The van der Waals surface area contributed by atoms with E-state index in [0.717, 1.165) is 38.5 Å². The predicted molar refractivity (Wildman–Crippen MR) is 113 cm³/mol. The van der Waals surface area contributed by atoms with Crippen LogP contribution in [0.4, 0.5) is 13.6 Å². The lowest BCUT2D eigenvalue weighted by Crippen LogP contribution is -2.48. The average molecular weight is 468 g/mol. The van der Waals surface area contributed by atoms with Crippen molar-refractivity contribution >= 4 is 18.1 Å². The Balaban J connectivity index is 1.63. The van der Waals surface area contributed by atoms with E-state index in [1.54, 1.807) is 0 Å². The normalized spacial score (nSPS) is 19.8. The Hall–Kier alpha value is -2.71. The number of benzene rings is 1. The molecule has 1 unspecified atom stereocenters. The highest BCUT2D eigenvalue weighted by molar-refractivity contribution is 5.90. The topological polar surface area (TPSA) is 99.1 Å². The average Bonchev–Trinajstić information content (AvgIpc) is 2.78. The molecule has 0 heterocycles. The minimum absolute atomic E-state index is 0.0584. The fourth-order valence-electron chi connectivity index (χ4n) is 4.59. The zero-order valence-corrected chi connectivity index (χ0v) is 18.7. The molecule has 0 saturated heterocycles. The van der Waals surface area contributed by atoms with Gasteiger partial charge in [0.05, 0.1) is 5.56 Å². The van der Waals surface area contributed by atoms with E-state index < -0.39 is 41.6 Å². The molecule has 0 bridgehead atoms. The fourth-order valence-corrected chi connectivity index (χ4v) is 4.59. The molecule has 2 saturated carbocycles. The summed E-state index contributed by atoms with van der Waals surface area (Å²) in [6.07, 6.45) is 4.63. The third-order valence-corrected chi connectivity index (χ3v) is 6.49. The smallest absolute Gasteiger partial charge is 0.477 e. The second-order valence-corrected chi connectivity index (χ2v) is 9.14. The Labute approximate surface area is 191 Å². The Kier molecular flexibility index (Phi) is 7.92. The third-order valence-electron chi connectivity index (χ3n) is 6.49. The molecule has 1 aromatic carbocycles. The molecule has 0 aliphatic heterocycles. The summed E-state index contributed by atoms with van der Waals surface area (Å²) >= 11 is 0. The van der Waals surface area contributed by atoms with Gasteiger partial charge in [0.15, 0.2) is 6.10 Å². The molecular formula is C24H30F2O7. The largest absolute Gasteiger partial charge is 0.514 e. The van der Waals surface area contributed by atoms with E-state index in [9.17, 15) is 23.2 Å². The van der Waals surface area contributed by atoms with Crippen LogP contribution in [0.25, 0.3) is 0 Å². The van der Waals surface area contributed by atoms with E-state index in [1.165, 1.54) is 24.3 Å². The van der Waals surface area contributed by atoms with E-state index >= 15 is 0 Å². The van der Waals surface area contributed by atoms with Crippen LogP contribution >= 0.6 is 0 Å². The molecule has 3 rings (SSSR count). The van der Waals surface area contributed by atoms with Gasteiger partial charge in [0.2, 0.25) is 0 Å². The number of aliphatic carboxylic acids is 1. The number of alkyl halides is 2. The first-order valence-corrected chi connectivity index (χ1v) is 11.4. The van der Waals surface area contributed by atoms with Crippen LogP contribution in [0, 0.1) is 5.92 Å². The van der Waals surface area contributed by atoms with E-state index in [4.69, 9.17) is 19.3 Å². The summed E-state index contributed by atoms with van der Waals surface area (Å²) in [6, 6.07) is 5.19. The van der Waals surface area contributed by atoms with Crippen LogP contribution in [0.2, 0.25) is 0 Å². The number of ether oxygens (including phenoxy) is 3. The maximum absolute atomic E-state index is 14.4. The van der Waals surface area contributed by atoms with Crippen LogP contribution in [0.3, 0.4) is 0 Å². The van der Waals surface area contributed by atoms with Crippen molar-refractivity contribution in [2.75, 3.05) is 0 Å². The number of carbonyl (C=O) groups is 3. The van der Waals surface area contributed by atoms with Crippen LogP contribution in [-0.4, -0.2) is 40.8 Å².